The van der Waals surface area contributed by atoms with E-state index < -0.39 is 17.8 Å². The molecule has 0 unspecified atom stereocenters. The first-order chi connectivity index (χ1) is 17.3. The number of carbonyl (C=O) groups excluding carboxylic acids is 1. The summed E-state index contributed by atoms with van der Waals surface area (Å²) in [6.45, 7) is 0.112. The molecule has 188 valence electrons. The van der Waals surface area contributed by atoms with Gasteiger partial charge in [-0.3, -0.25) is 9.78 Å². The quantitative estimate of drug-likeness (QED) is 0.593. The Bertz CT molecular complexity index is 1130. The fraction of sp³-hybridized carbons (Fsp3) is 0.444. The molecule has 1 N–H and O–H groups in total. The second kappa shape index (κ2) is 11.0. The lowest BCUT2D eigenvalue weighted by atomic mass is 9.92. The van der Waals surface area contributed by atoms with Crippen LogP contribution >= 0.6 is 0 Å². The van der Waals surface area contributed by atoms with Crippen molar-refractivity contribution in [2.45, 2.75) is 68.9 Å². The van der Waals surface area contributed by atoms with E-state index in [1.54, 1.807) is 12.1 Å². The molecule has 2 aromatic rings. The minimum absolute atomic E-state index is 0.0547. The van der Waals surface area contributed by atoms with Crippen LogP contribution in [0.3, 0.4) is 0 Å². The van der Waals surface area contributed by atoms with E-state index in [0.29, 0.717) is 37.0 Å². The summed E-state index contributed by atoms with van der Waals surface area (Å²) in [5, 5.41) is 12.6. The highest BCUT2D eigenvalue weighted by Gasteiger charge is 2.36. The van der Waals surface area contributed by atoms with Gasteiger partial charge in [0.05, 0.1) is 30.3 Å². The number of nitrogens with zero attached hydrogens (tertiary/aromatic N) is 3. The molecule has 1 saturated carbocycles. The number of terminal acetylenes is 1. The lowest BCUT2D eigenvalue weighted by Gasteiger charge is -2.31. The van der Waals surface area contributed by atoms with Crippen LogP contribution in [0.2, 0.25) is 0 Å². The van der Waals surface area contributed by atoms with E-state index >= 15 is 0 Å². The molecular weight excluding hydrogens is 469 g/mol. The Kier molecular flexibility index (Phi) is 7.81. The fourth-order valence-corrected chi connectivity index (χ4v) is 4.96. The van der Waals surface area contributed by atoms with Gasteiger partial charge in [0.1, 0.15) is 11.8 Å². The largest absolute Gasteiger partial charge is 0.490 e. The predicted molar refractivity (Wildman–Crippen MR) is 127 cm³/mol. The monoisotopic (exact) mass is 496 g/mol. The summed E-state index contributed by atoms with van der Waals surface area (Å²) in [7, 11) is 0. The molecule has 0 spiro atoms. The van der Waals surface area contributed by atoms with E-state index in [9.17, 15) is 23.2 Å². The van der Waals surface area contributed by atoms with Crippen molar-refractivity contribution < 1.29 is 22.7 Å². The standard InChI is InChI=1S/C27H27F3N4O2/c1-2-20-5-6-21(16-31)34(20)26(35)17-33-19-3-7-22(8-4-19)36-23-9-10-25(27(28,29)30)24(15-23)18-11-13-32-14-12-18/h1,9-15,19-22,33H,3-8,17H2/t19?,20-,21-,22?/m0/s1. The van der Waals surface area contributed by atoms with Gasteiger partial charge in [-0.25, -0.2) is 0 Å². The van der Waals surface area contributed by atoms with Crippen molar-refractivity contribution in [3.05, 3.63) is 48.3 Å². The van der Waals surface area contributed by atoms with Crippen molar-refractivity contribution in [1.82, 2.24) is 15.2 Å². The summed E-state index contributed by atoms with van der Waals surface area (Å²) in [5.41, 5.74) is -0.245. The van der Waals surface area contributed by atoms with Gasteiger partial charge in [0.25, 0.3) is 0 Å². The maximum absolute atomic E-state index is 13.6. The van der Waals surface area contributed by atoms with E-state index in [-0.39, 0.29) is 36.2 Å². The molecule has 36 heavy (non-hydrogen) atoms. The third kappa shape index (κ3) is 5.80. The maximum Gasteiger partial charge on any atom is 0.417 e. The van der Waals surface area contributed by atoms with Gasteiger partial charge in [-0.05, 0) is 80.0 Å². The number of likely N-dealkylation sites (tertiary alicyclic amines) is 1. The molecule has 1 aliphatic heterocycles. The Morgan fingerprint density at radius 2 is 1.81 bits per heavy atom. The summed E-state index contributed by atoms with van der Waals surface area (Å²) < 4.78 is 46.7. The first-order valence-electron chi connectivity index (χ1n) is 12.0. The second-order valence-electron chi connectivity index (χ2n) is 9.12. The number of aromatic nitrogens is 1. The summed E-state index contributed by atoms with van der Waals surface area (Å²) in [6.07, 6.45) is 7.97. The highest BCUT2D eigenvalue weighted by molar-refractivity contribution is 5.80. The lowest BCUT2D eigenvalue weighted by Crippen LogP contribution is -2.47. The molecule has 0 radical (unpaired) electrons. The second-order valence-corrected chi connectivity index (χ2v) is 9.12. The first kappa shape index (κ1) is 25.5. The molecule has 1 saturated heterocycles. The Hall–Kier alpha value is -3.56. The Morgan fingerprint density at radius 3 is 2.44 bits per heavy atom. The van der Waals surface area contributed by atoms with E-state index in [4.69, 9.17) is 11.2 Å². The third-order valence-electron chi connectivity index (χ3n) is 6.82. The number of nitriles is 1. The zero-order valence-electron chi connectivity index (χ0n) is 19.7. The summed E-state index contributed by atoms with van der Waals surface area (Å²) in [6, 6.07) is 8.38. The van der Waals surface area contributed by atoms with Gasteiger partial charge in [-0.15, -0.1) is 6.42 Å². The van der Waals surface area contributed by atoms with Gasteiger partial charge in [-0.1, -0.05) is 5.92 Å². The van der Waals surface area contributed by atoms with Gasteiger partial charge >= 0.3 is 6.18 Å². The Balaban J connectivity index is 1.33. The molecule has 1 aromatic carbocycles. The normalized spacial score (nSPS) is 24.1. The molecule has 2 fully saturated rings. The third-order valence-corrected chi connectivity index (χ3v) is 6.82. The van der Waals surface area contributed by atoms with Crippen molar-refractivity contribution in [2.75, 3.05) is 6.54 Å². The van der Waals surface area contributed by atoms with E-state index in [1.165, 1.54) is 29.4 Å². The molecule has 2 heterocycles. The smallest absolute Gasteiger partial charge is 0.417 e. The van der Waals surface area contributed by atoms with Crippen LogP contribution in [0.5, 0.6) is 5.75 Å². The average molecular weight is 497 g/mol. The molecule has 1 aliphatic carbocycles. The molecule has 6 nitrogen and oxygen atoms in total. The molecular formula is C27H27F3N4O2. The SMILES string of the molecule is C#C[C@H]1CC[C@@H](C#N)N1C(=O)CNC1CCC(Oc2ccc(C(F)(F)F)c(-c3ccncc3)c2)CC1. The van der Waals surface area contributed by atoms with Crippen LogP contribution in [0.25, 0.3) is 11.1 Å². The van der Waals surface area contributed by atoms with Crippen molar-refractivity contribution in [1.29, 1.82) is 5.26 Å². The number of amides is 1. The van der Waals surface area contributed by atoms with Crippen LogP contribution in [0.4, 0.5) is 13.2 Å². The van der Waals surface area contributed by atoms with Gasteiger partial charge in [0, 0.05) is 18.4 Å². The number of rotatable bonds is 6. The van der Waals surface area contributed by atoms with Gasteiger partial charge < -0.3 is 15.0 Å². The first-order valence-corrected chi connectivity index (χ1v) is 12.0. The van der Waals surface area contributed by atoms with E-state index in [2.05, 4.69) is 22.3 Å². The number of hydrogen-bond acceptors (Lipinski definition) is 5. The lowest BCUT2D eigenvalue weighted by molar-refractivity contribution is -0.137. The molecule has 2 atom stereocenters. The summed E-state index contributed by atoms with van der Waals surface area (Å²) in [5.74, 6) is 2.81. The molecule has 9 heteroatoms. The number of alkyl halides is 3. The van der Waals surface area contributed by atoms with Gasteiger partial charge in [0.2, 0.25) is 5.91 Å². The zero-order valence-corrected chi connectivity index (χ0v) is 19.7. The summed E-state index contributed by atoms with van der Waals surface area (Å²) >= 11 is 0. The zero-order chi connectivity index (χ0) is 25.7. The predicted octanol–water partition coefficient (Wildman–Crippen LogP) is 4.56. The van der Waals surface area contributed by atoms with Crippen molar-refractivity contribution in [3.8, 4) is 35.3 Å². The van der Waals surface area contributed by atoms with Crippen LogP contribution in [-0.2, 0) is 11.0 Å². The fourth-order valence-electron chi connectivity index (χ4n) is 4.96. The number of nitrogens with one attached hydrogen (secondary N) is 1. The number of hydrogen-bond donors (Lipinski definition) is 1. The van der Waals surface area contributed by atoms with Gasteiger partial charge in [0.15, 0.2) is 0 Å². The van der Waals surface area contributed by atoms with E-state index in [0.717, 1.165) is 18.9 Å². The molecule has 1 amide bonds. The number of pyridine rings is 1. The van der Waals surface area contributed by atoms with Crippen molar-refractivity contribution in [3.63, 3.8) is 0 Å². The number of halogens is 3. The highest BCUT2D eigenvalue weighted by Crippen LogP contribution is 2.39. The number of benzene rings is 1. The molecule has 4 rings (SSSR count). The van der Waals surface area contributed by atoms with Crippen molar-refractivity contribution >= 4 is 5.91 Å². The Morgan fingerprint density at radius 1 is 1.11 bits per heavy atom. The van der Waals surface area contributed by atoms with Crippen LogP contribution in [0.1, 0.15) is 44.1 Å². The minimum atomic E-state index is -4.49. The summed E-state index contributed by atoms with van der Waals surface area (Å²) in [4.78, 5) is 18.1. The van der Waals surface area contributed by atoms with Crippen LogP contribution in [0.15, 0.2) is 42.7 Å². The molecule has 2 aliphatic rings. The van der Waals surface area contributed by atoms with Crippen LogP contribution in [-0.4, -0.2) is 46.6 Å². The highest BCUT2D eigenvalue weighted by atomic mass is 19.4. The number of carbonyl (C=O) groups is 1. The van der Waals surface area contributed by atoms with Crippen molar-refractivity contribution in [2.24, 2.45) is 0 Å². The van der Waals surface area contributed by atoms with Crippen LogP contribution < -0.4 is 10.1 Å². The minimum Gasteiger partial charge on any atom is -0.490 e. The van der Waals surface area contributed by atoms with Crippen LogP contribution in [0, 0.1) is 23.7 Å². The Labute approximate surface area is 208 Å². The maximum atomic E-state index is 13.6. The topological polar surface area (TPSA) is 78.2 Å². The molecule has 0 bridgehead atoms. The average Bonchev–Trinajstić information content (AvgIpc) is 3.31. The number of ether oxygens (including phenoxy) is 1. The van der Waals surface area contributed by atoms with E-state index in [1.807, 2.05) is 0 Å². The molecule has 1 aromatic heterocycles. The van der Waals surface area contributed by atoms with Gasteiger partial charge in [-0.2, -0.15) is 18.4 Å².